The largest absolute Gasteiger partial charge is 0.493 e. The van der Waals surface area contributed by atoms with E-state index in [9.17, 15) is 9.59 Å². The van der Waals surface area contributed by atoms with Crippen molar-refractivity contribution in [3.8, 4) is 23.0 Å². The number of benzene rings is 3. The highest BCUT2D eigenvalue weighted by Crippen LogP contribution is 2.29. The van der Waals surface area contributed by atoms with Crippen molar-refractivity contribution in [1.29, 1.82) is 0 Å². The molecular formula is C22H18O6. The number of esters is 2. The van der Waals surface area contributed by atoms with Gasteiger partial charge in [-0.25, -0.2) is 9.59 Å². The summed E-state index contributed by atoms with van der Waals surface area (Å²) in [6, 6.07) is 19.8. The molecule has 0 unspecified atom stereocenters. The second-order valence-electron chi connectivity index (χ2n) is 5.63. The van der Waals surface area contributed by atoms with Crippen LogP contribution in [0.4, 0.5) is 0 Å². The lowest BCUT2D eigenvalue weighted by atomic mass is 10.1. The molecule has 28 heavy (non-hydrogen) atoms. The minimum atomic E-state index is -0.697. The second kappa shape index (κ2) is 8.73. The topological polar surface area (TPSA) is 71.1 Å². The van der Waals surface area contributed by atoms with Crippen molar-refractivity contribution in [3.05, 3.63) is 83.9 Å². The Morgan fingerprint density at radius 3 is 1.21 bits per heavy atom. The SMILES string of the molecule is COc1ccccc1OC(=O)c1ccccc1C(=O)Oc1ccccc1OC. The van der Waals surface area contributed by atoms with Crippen LogP contribution < -0.4 is 18.9 Å². The Hall–Kier alpha value is -3.80. The van der Waals surface area contributed by atoms with Gasteiger partial charge in [-0.1, -0.05) is 36.4 Å². The van der Waals surface area contributed by atoms with Crippen molar-refractivity contribution in [2.75, 3.05) is 14.2 Å². The smallest absolute Gasteiger partial charge is 0.344 e. The molecule has 0 atom stereocenters. The van der Waals surface area contributed by atoms with Gasteiger partial charge in [0.25, 0.3) is 0 Å². The summed E-state index contributed by atoms with van der Waals surface area (Å²) in [7, 11) is 2.95. The van der Waals surface area contributed by atoms with Crippen LogP contribution >= 0.6 is 0 Å². The fourth-order valence-electron chi connectivity index (χ4n) is 2.56. The number of rotatable bonds is 6. The number of carbonyl (C=O) groups excluding carboxylic acids is 2. The van der Waals surface area contributed by atoms with E-state index >= 15 is 0 Å². The molecule has 0 saturated carbocycles. The number of hydrogen-bond acceptors (Lipinski definition) is 6. The van der Waals surface area contributed by atoms with Crippen LogP contribution in [0.3, 0.4) is 0 Å². The first-order valence-electron chi connectivity index (χ1n) is 8.43. The van der Waals surface area contributed by atoms with Gasteiger partial charge in [0.1, 0.15) is 0 Å². The lowest BCUT2D eigenvalue weighted by molar-refractivity contribution is 0.0687. The van der Waals surface area contributed by atoms with Crippen LogP contribution in [-0.4, -0.2) is 26.2 Å². The fraction of sp³-hybridized carbons (Fsp3) is 0.0909. The van der Waals surface area contributed by atoms with Crippen molar-refractivity contribution in [2.24, 2.45) is 0 Å². The molecule has 0 amide bonds. The first-order valence-corrected chi connectivity index (χ1v) is 8.43. The Balaban J connectivity index is 1.86. The Bertz CT molecular complexity index is 915. The Morgan fingerprint density at radius 2 is 0.857 bits per heavy atom. The molecule has 3 aromatic carbocycles. The molecule has 0 heterocycles. The van der Waals surface area contributed by atoms with Gasteiger partial charge >= 0.3 is 11.9 Å². The van der Waals surface area contributed by atoms with Gasteiger partial charge in [0, 0.05) is 0 Å². The third kappa shape index (κ3) is 4.12. The Morgan fingerprint density at radius 1 is 0.536 bits per heavy atom. The molecule has 0 aromatic heterocycles. The molecule has 0 aliphatic carbocycles. The van der Waals surface area contributed by atoms with Crippen molar-refractivity contribution < 1.29 is 28.5 Å². The molecule has 6 heteroatoms. The van der Waals surface area contributed by atoms with E-state index in [1.807, 2.05) is 0 Å². The normalized spacial score (nSPS) is 10.1. The van der Waals surface area contributed by atoms with E-state index in [4.69, 9.17) is 18.9 Å². The monoisotopic (exact) mass is 378 g/mol. The van der Waals surface area contributed by atoms with Gasteiger partial charge in [0.15, 0.2) is 23.0 Å². The molecule has 0 N–H and O–H groups in total. The number of methoxy groups -OCH3 is 2. The maximum atomic E-state index is 12.7. The van der Waals surface area contributed by atoms with E-state index in [1.54, 1.807) is 60.7 Å². The van der Waals surface area contributed by atoms with Crippen molar-refractivity contribution in [1.82, 2.24) is 0 Å². The standard InChI is InChI=1S/C22H18O6/c1-25-17-11-5-7-13-19(17)27-21(23)15-9-3-4-10-16(15)22(24)28-20-14-8-6-12-18(20)26-2/h3-14H,1-2H3. The fourth-order valence-corrected chi connectivity index (χ4v) is 2.56. The molecular weight excluding hydrogens is 360 g/mol. The molecule has 3 rings (SSSR count). The number of para-hydroxylation sites is 4. The summed E-state index contributed by atoms with van der Waals surface area (Å²) < 4.78 is 21.2. The molecule has 142 valence electrons. The highest BCUT2D eigenvalue weighted by atomic mass is 16.6. The first-order chi connectivity index (χ1) is 13.6. The van der Waals surface area contributed by atoms with Crippen molar-refractivity contribution >= 4 is 11.9 Å². The lowest BCUT2D eigenvalue weighted by Crippen LogP contribution is -2.17. The van der Waals surface area contributed by atoms with Crippen LogP contribution in [0.1, 0.15) is 20.7 Å². The molecule has 3 aromatic rings. The summed E-state index contributed by atoms with van der Waals surface area (Å²) >= 11 is 0. The maximum absolute atomic E-state index is 12.7. The highest BCUT2D eigenvalue weighted by molar-refractivity contribution is 6.04. The molecule has 0 bridgehead atoms. The molecule has 0 fully saturated rings. The summed E-state index contributed by atoms with van der Waals surface area (Å²) in [5.41, 5.74) is 0.154. The minimum Gasteiger partial charge on any atom is -0.493 e. The molecule has 0 aliphatic heterocycles. The van der Waals surface area contributed by atoms with E-state index in [0.29, 0.717) is 11.5 Å². The first kappa shape index (κ1) is 19.0. The summed E-state index contributed by atoms with van der Waals surface area (Å²) in [5.74, 6) is -0.0742. The molecule has 0 saturated heterocycles. The van der Waals surface area contributed by atoms with Crippen LogP contribution in [0.15, 0.2) is 72.8 Å². The van der Waals surface area contributed by atoms with Gasteiger partial charge < -0.3 is 18.9 Å². The molecule has 0 spiro atoms. The Kier molecular flexibility index (Phi) is 5.91. The average Bonchev–Trinajstić information content (AvgIpc) is 2.74. The van der Waals surface area contributed by atoms with E-state index in [1.165, 1.54) is 26.4 Å². The summed E-state index contributed by atoms with van der Waals surface area (Å²) in [6.45, 7) is 0. The third-order valence-electron chi connectivity index (χ3n) is 3.91. The van der Waals surface area contributed by atoms with Gasteiger partial charge in [-0.05, 0) is 36.4 Å². The van der Waals surface area contributed by atoms with Gasteiger partial charge in [0.05, 0.1) is 25.3 Å². The highest BCUT2D eigenvalue weighted by Gasteiger charge is 2.22. The zero-order valence-corrected chi connectivity index (χ0v) is 15.4. The maximum Gasteiger partial charge on any atom is 0.344 e. The number of ether oxygens (including phenoxy) is 4. The summed E-state index contributed by atoms with van der Waals surface area (Å²) in [4.78, 5) is 25.3. The zero-order valence-electron chi connectivity index (χ0n) is 15.4. The van der Waals surface area contributed by atoms with Crippen LogP contribution in [0.5, 0.6) is 23.0 Å². The van der Waals surface area contributed by atoms with Gasteiger partial charge in [-0.3, -0.25) is 0 Å². The van der Waals surface area contributed by atoms with Gasteiger partial charge in [-0.2, -0.15) is 0 Å². The predicted molar refractivity (Wildman–Crippen MR) is 102 cm³/mol. The molecule has 0 aliphatic rings. The number of carbonyl (C=O) groups is 2. The second-order valence-corrected chi connectivity index (χ2v) is 5.63. The lowest BCUT2D eigenvalue weighted by Gasteiger charge is -2.12. The zero-order chi connectivity index (χ0) is 19.9. The summed E-state index contributed by atoms with van der Waals surface area (Å²) in [6.07, 6.45) is 0. The summed E-state index contributed by atoms with van der Waals surface area (Å²) in [5, 5.41) is 0. The average molecular weight is 378 g/mol. The van der Waals surface area contributed by atoms with Crippen molar-refractivity contribution in [3.63, 3.8) is 0 Å². The van der Waals surface area contributed by atoms with Gasteiger partial charge in [0.2, 0.25) is 0 Å². The third-order valence-corrected chi connectivity index (χ3v) is 3.91. The van der Waals surface area contributed by atoms with Crippen LogP contribution in [-0.2, 0) is 0 Å². The van der Waals surface area contributed by atoms with E-state index in [2.05, 4.69) is 0 Å². The quantitative estimate of drug-likeness (QED) is 0.474. The van der Waals surface area contributed by atoms with E-state index in [-0.39, 0.29) is 22.6 Å². The van der Waals surface area contributed by atoms with E-state index in [0.717, 1.165) is 0 Å². The van der Waals surface area contributed by atoms with Crippen LogP contribution in [0, 0.1) is 0 Å². The minimum absolute atomic E-state index is 0.0771. The van der Waals surface area contributed by atoms with Crippen LogP contribution in [0.25, 0.3) is 0 Å². The number of hydrogen-bond donors (Lipinski definition) is 0. The van der Waals surface area contributed by atoms with E-state index < -0.39 is 11.9 Å². The molecule has 6 nitrogen and oxygen atoms in total. The predicted octanol–water partition coefficient (Wildman–Crippen LogP) is 4.14. The Labute approximate surface area is 162 Å². The molecule has 0 radical (unpaired) electrons. The van der Waals surface area contributed by atoms with Crippen LogP contribution in [0.2, 0.25) is 0 Å². The van der Waals surface area contributed by atoms with Gasteiger partial charge in [-0.15, -0.1) is 0 Å². The van der Waals surface area contributed by atoms with Crippen molar-refractivity contribution in [2.45, 2.75) is 0 Å².